The maximum Gasteiger partial charge on any atom is 0.258 e. The van der Waals surface area contributed by atoms with Gasteiger partial charge in [-0.1, -0.05) is 30.7 Å². The smallest absolute Gasteiger partial charge is 0.258 e. The minimum atomic E-state index is -0.321. The number of hydrazine groups is 1. The summed E-state index contributed by atoms with van der Waals surface area (Å²) >= 11 is 6.06. The van der Waals surface area contributed by atoms with Gasteiger partial charge in [-0.25, -0.2) is 10.4 Å². The van der Waals surface area contributed by atoms with Gasteiger partial charge in [0.05, 0.1) is 16.3 Å². The van der Waals surface area contributed by atoms with Gasteiger partial charge in [-0.15, -0.1) is 0 Å². The number of amides is 1. The van der Waals surface area contributed by atoms with Gasteiger partial charge in [0.1, 0.15) is 11.6 Å². The Morgan fingerprint density at radius 3 is 2.73 bits per heavy atom. The van der Waals surface area contributed by atoms with E-state index in [4.69, 9.17) is 17.3 Å². The maximum absolute atomic E-state index is 12.4. The first kappa shape index (κ1) is 18.2. The third-order valence-electron chi connectivity index (χ3n) is 4.29. The predicted octanol–water partition coefficient (Wildman–Crippen LogP) is 3.53. The molecule has 1 atom stereocenters. The number of pyridine rings is 1. The van der Waals surface area contributed by atoms with Gasteiger partial charge in [0.2, 0.25) is 0 Å². The van der Waals surface area contributed by atoms with E-state index < -0.39 is 0 Å². The van der Waals surface area contributed by atoms with Gasteiger partial charge in [0.15, 0.2) is 0 Å². The van der Waals surface area contributed by atoms with Gasteiger partial charge in [0.25, 0.3) is 5.91 Å². The van der Waals surface area contributed by atoms with Crippen LogP contribution < -0.4 is 16.5 Å². The highest BCUT2D eigenvalue weighted by atomic mass is 35.5. The molecule has 0 radical (unpaired) electrons. The second kappa shape index (κ2) is 7.76. The molecule has 0 saturated carbocycles. The number of carbonyl (C=O) groups excluding carboxylic acids is 1. The van der Waals surface area contributed by atoms with Crippen LogP contribution in [0.4, 0.5) is 11.6 Å². The average molecular weight is 372 g/mol. The number of hydrogen-bond acceptors (Lipinski definition) is 5. The lowest BCUT2D eigenvalue weighted by atomic mass is 10.1. The highest BCUT2D eigenvalue weighted by molar-refractivity contribution is 6.34. The van der Waals surface area contributed by atoms with E-state index in [0.29, 0.717) is 22.2 Å². The van der Waals surface area contributed by atoms with Crippen LogP contribution in [0.3, 0.4) is 0 Å². The van der Waals surface area contributed by atoms with Gasteiger partial charge in [-0.2, -0.15) is 0 Å². The first-order valence-corrected chi connectivity index (χ1v) is 8.99. The Morgan fingerprint density at radius 1 is 1.31 bits per heavy atom. The highest BCUT2D eigenvalue weighted by Gasteiger charge is 2.23. The van der Waals surface area contributed by atoms with Crippen molar-refractivity contribution in [1.82, 2.24) is 15.4 Å². The molecule has 7 heteroatoms. The van der Waals surface area contributed by atoms with Crippen molar-refractivity contribution < 1.29 is 4.79 Å². The van der Waals surface area contributed by atoms with E-state index in [1.165, 1.54) is 0 Å². The average Bonchev–Trinajstić information content (AvgIpc) is 3.05. The lowest BCUT2D eigenvalue weighted by Crippen LogP contribution is -2.36. The van der Waals surface area contributed by atoms with Crippen molar-refractivity contribution in [1.29, 1.82) is 0 Å². The Balaban J connectivity index is 1.82. The van der Waals surface area contributed by atoms with Gasteiger partial charge >= 0.3 is 0 Å². The number of nitrogens with zero attached hydrogens (tertiary/aromatic N) is 2. The summed E-state index contributed by atoms with van der Waals surface area (Å²) in [6.45, 7) is 5.01. The summed E-state index contributed by atoms with van der Waals surface area (Å²) in [5, 5.41) is 5.19. The zero-order valence-corrected chi connectivity index (χ0v) is 15.5. The first-order chi connectivity index (χ1) is 12.5. The Morgan fingerprint density at radius 2 is 2.08 bits per heavy atom. The fourth-order valence-corrected chi connectivity index (χ4v) is 3.11. The number of nitrogen functional groups attached to an aromatic ring is 1. The van der Waals surface area contributed by atoms with E-state index in [-0.39, 0.29) is 11.9 Å². The Hall–Kier alpha value is -2.57. The number of anilines is 2. The topological polar surface area (TPSA) is 83.3 Å². The minimum Gasteiger partial charge on any atom is -0.383 e. The van der Waals surface area contributed by atoms with E-state index in [2.05, 4.69) is 40.7 Å². The van der Waals surface area contributed by atoms with Crippen LogP contribution in [0.1, 0.15) is 36.2 Å². The number of aromatic nitrogens is 1. The molecule has 4 N–H and O–H groups in total. The number of halogens is 1. The van der Waals surface area contributed by atoms with Gasteiger partial charge in [-0.3, -0.25) is 4.79 Å². The summed E-state index contributed by atoms with van der Waals surface area (Å²) in [6, 6.07) is 10.8. The third kappa shape index (κ3) is 3.66. The van der Waals surface area contributed by atoms with Crippen LogP contribution in [0.2, 0.25) is 5.02 Å². The van der Waals surface area contributed by atoms with E-state index in [1.807, 2.05) is 6.07 Å². The summed E-state index contributed by atoms with van der Waals surface area (Å²) in [4.78, 5) is 16.7. The summed E-state index contributed by atoms with van der Waals surface area (Å²) in [5.74, 6) is 0.432. The Bertz CT molecular complexity index is 852. The molecule has 0 fully saturated rings. The van der Waals surface area contributed by atoms with Crippen molar-refractivity contribution in [2.75, 3.05) is 17.6 Å². The first-order valence-electron chi connectivity index (χ1n) is 8.61. The fourth-order valence-electron chi connectivity index (χ4n) is 2.88. The molecule has 1 unspecified atom stereocenters. The van der Waals surface area contributed by atoms with Crippen molar-refractivity contribution in [3.63, 3.8) is 0 Å². The van der Waals surface area contributed by atoms with E-state index in [1.54, 1.807) is 30.3 Å². The molecule has 2 heterocycles. The molecule has 2 aromatic rings. The molecule has 1 amide bonds. The van der Waals surface area contributed by atoms with Crippen LogP contribution in [0.25, 0.3) is 5.70 Å². The molecule has 1 aromatic heterocycles. The molecule has 0 bridgehead atoms. The summed E-state index contributed by atoms with van der Waals surface area (Å²) in [6.07, 6.45) is 3.14. The van der Waals surface area contributed by atoms with Gasteiger partial charge < -0.3 is 16.1 Å². The molecule has 1 aliphatic heterocycles. The normalized spacial score (nSPS) is 16.5. The zero-order valence-electron chi connectivity index (χ0n) is 14.8. The second-order valence-corrected chi connectivity index (χ2v) is 6.41. The van der Waals surface area contributed by atoms with E-state index in [9.17, 15) is 4.79 Å². The number of nitrogens with two attached hydrogens (primary N) is 1. The molecule has 6 nitrogen and oxygen atoms in total. The van der Waals surface area contributed by atoms with Crippen molar-refractivity contribution in [3.05, 3.63) is 58.6 Å². The molecule has 1 aromatic carbocycles. The SMILES string of the molecule is CCC1C=C(c2ccc(NC(=O)c3ccccc3Cl)nc2N)N(CC)N1. The number of hydrogen-bond donors (Lipinski definition) is 3. The molecule has 0 saturated heterocycles. The predicted molar refractivity (Wildman–Crippen MR) is 106 cm³/mol. The van der Waals surface area contributed by atoms with Crippen LogP contribution in [0, 0.1) is 0 Å². The number of rotatable bonds is 5. The monoisotopic (exact) mass is 371 g/mol. The molecule has 136 valence electrons. The lowest BCUT2D eigenvalue weighted by Gasteiger charge is -2.22. The molecule has 0 aliphatic carbocycles. The van der Waals surface area contributed by atoms with Crippen LogP contribution in [0.15, 0.2) is 42.5 Å². The number of benzene rings is 1. The summed E-state index contributed by atoms with van der Waals surface area (Å²) < 4.78 is 0. The standard InChI is InChI=1S/C19H22ClN5O/c1-3-12-11-16(25(4-2)24-12)14-9-10-17(22-18(14)21)23-19(26)13-7-5-6-8-15(13)20/h5-12,24H,3-4H2,1-2H3,(H3,21,22,23,26). The lowest BCUT2D eigenvalue weighted by molar-refractivity contribution is 0.102. The molecule has 0 spiro atoms. The molecule has 1 aliphatic rings. The van der Waals surface area contributed by atoms with Gasteiger partial charge in [-0.05, 0) is 43.7 Å². The Labute approximate surface area is 158 Å². The number of nitrogens with one attached hydrogen (secondary N) is 2. The molecule has 26 heavy (non-hydrogen) atoms. The minimum absolute atomic E-state index is 0.281. The molecular formula is C19H22ClN5O. The van der Waals surface area contributed by atoms with Gasteiger partial charge in [0, 0.05) is 18.2 Å². The summed E-state index contributed by atoms with van der Waals surface area (Å²) in [5.41, 5.74) is 11.8. The van der Waals surface area contributed by atoms with Crippen LogP contribution in [-0.2, 0) is 0 Å². The van der Waals surface area contributed by atoms with Crippen molar-refractivity contribution in [3.8, 4) is 0 Å². The zero-order chi connectivity index (χ0) is 18.7. The van der Waals surface area contributed by atoms with E-state index in [0.717, 1.165) is 24.2 Å². The fraction of sp³-hybridized carbons (Fsp3) is 0.263. The van der Waals surface area contributed by atoms with Crippen molar-refractivity contribution in [2.45, 2.75) is 26.3 Å². The van der Waals surface area contributed by atoms with Crippen molar-refractivity contribution >= 4 is 34.8 Å². The van der Waals surface area contributed by atoms with Crippen molar-refractivity contribution in [2.24, 2.45) is 0 Å². The largest absolute Gasteiger partial charge is 0.383 e. The number of carbonyl (C=O) groups is 1. The summed E-state index contributed by atoms with van der Waals surface area (Å²) in [7, 11) is 0. The highest BCUT2D eigenvalue weighted by Crippen LogP contribution is 2.28. The quantitative estimate of drug-likeness (QED) is 0.748. The maximum atomic E-state index is 12.4. The Kier molecular flexibility index (Phi) is 5.44. The van der Waals surface area contributed by atoms with Crippen LogP contribution in [-0.4, -0.2) is 28.5 Å². The third-order valence-corrected chi connectivity index (χ3v) is 4.62. The molecule has 3 rings (SSSR count). The molecular weight excluding hydrogens is 350 g/mol. The van der Waals surface area contributed by atoms with E-state index >= 15 is 0 Å². The second-order valence-electron chi connectivity index (χ2n) is 6.00. The van der Waals surface area contributed by atoms with Crippen LogP contribution >= 0.6 is 11.6 Å². The van der Waals surface area contributed by atoms with Crippen LogP contribution in [0.5, 0.6) is 0 Å².